The Bertz CT molecular complexity index is 865. The van der Waals surface area contributed by atoms with Gasteiger partial charge in [-0.25, -0.2) is 13.1 Å². The SMILES string of the molecule is Cc1cc(S(=O)(=O)N[C@@H](c2ccccn2)C2CC(O)C2)c(C)cc1Cl. The van der Waals surface area contributed by atoms with Crippen molar-refractivity contribution in [1.82, 2.24) is 9.71 Å². The van der Waals surface area contributed by atoms with Gasteiger partial charge in [0.15, 0.2) is 0 Å². The van der Waals surface area contributed by atoms with Crippen molar-refractivity contribution < 1.29 is 13.5 Å². The van der Waals surface area contributed by atoms with Crippen molar-refractivity contribution in [2.75, 3.05) is 0 Å². The Hall–Kier alpha value is -1.47. The second-order valence-electron chi connectivity index (χ2n) is 6.61. The molecule has 0 amide bonds. The zero-order valence-electron chi connectivity index (χ0n) is 14.1. The number of sulfonamides is 1. The van der Waals surface area contributed by atoms with Crippen molar-refractivity contribution in [2.45, 2.75) is 43.7 Å². The van der Waals surface area contributed by atoms with Gasteiger partial charge in [-0.1, -0.05) is 17.7 Å². The highest BCUT2D eigenvalue weighted by Crippen LogP contribution is 2.38. The molecule has 0 radical (unpaired) electrons. The van der Waals surface area contributed by atoms with E-state index in [0.29, 0.717) is 34.7 Å². The molecule has 1 aliphatic rings. The highest BCUT2D eigenvalue weighted by atomic mass is 35.5. The van der Waals surface area contributed by atoms with Gasteiger partial charge in [0.05, 0.1) is 22.7 Å². The summed E-state index contributed by atoms with van der Waals surface area (Å²) in [6.45, 7) is 3.50. The van der Waals surface area contributed by atoms with Crippen molar-refractivity contribution >= 4 is 21.6 Å². The Morgan fingerprint density at radius 1 is 1.24 bits per heavy atom. The van der Waals surface area contributed by atoms with Crippen LogP contribution in [0.5, 0.6) is 0 Å². The van der Waals surface area contributed by atoms with Crippen molar-refractivity contribution in [3.63, 3.8) is 0 Å². The Kier molecular flexibility index (Phi) is 5.16. The Balaban J connectivity index is 1.95. The standard InChI is InChI=1S/C18H21ClN2O3S/c1-11-8-17(12(2)7-15(11)19)25(23,24)21-18(13-9-14(22)10-13)16-5-3-4-6-20-16/h3-8,13-14,18,21-22H,9-10H2,1-2H3/t13?,14?,18-/m1/s1. The van der Waals surface area contributed by atoms with Gasteiger partial charge >= 0.3 is 0 Å². The molecule has 0 aliphatic heterocycles. The third-order valence-corrected chi connectivity index (χ3v) is 6.65. The van der Waals surface area contributed by atoms with Crippen LogP contribution in [-0.4, -0.2) is 24.6 Å². The van der Waals surface area contributed by atoms with Crippen LogP contribution in [0.15, 0.2) is 41.4 Å². The van der Waals surface area contributed by atoms with Crippen molar-refractivity contribution in [3.8, 4) is 0 Å². The summed E-state index contributed by atoms with van der Waals surface area (Å²) in [6.07, 6.45) is 2.38. The van der Waals surface area contributed by atoms with Gasteiger partial charge in [0.25, 0.3) is 0 Å². The number of hydrogen-bond donors (Lipinski definition) is 2. The molecule has 1 atom stereocenters. The van der Waals surface area contributed by atoms with Crippen LogP contribution in [0.2, 0.25) is 5.02 Å². The molecule has 0 bridgehead atoms. The van der Waals surface area contributed by atoms with E-state index in [1.54, 1.807) is 44.3 Å². The predicted molar refractivity (Wildman–Crippen MR) is 97.0 cm³/mol. The second kappa shape index (κ2) is 7.03. The third-order valence-electron chi connectivity index (χ3n) is 4.66. The Morgan fingerprint density at radius 2 is 1.96 bits per heavy atom. The number of nitrogens with one attached hydrogen (secondary N) is 1. The molecule has 1 heterocycles. The minimum atomic E-state index is -3.75. The molecular weight excluding hydrogens is 360 g/mol. The number of aryl methyl sites for hydroxylation is 2. The second-order valence-corrected chi connectivity index (χ2v) is 8.70. The lowest BCUT2D eigenvalue weighted by molar-refractivity contribution is 0.0273. The van der Waals surface area contributed by atoms with Gasteiger partial charge < -0.3 is 5.11 Å². The summed E-state index contributed by atoms with van der Waals surface area (Å²) in [5.41, 5.74) is 1.96. The fraction of sp³-hybridized carbons (Fsp3) is 0.389. The van der Waals surface area contributed by atoms with Crippen molar-refractivity contribution in [3.05, 3.63) is 58.4 Å². The highest BCUT2D eigenvalue weighted by Gasteiger charge is 2.38. The lowest BCUT2D eigenvalue weighted by atomic mass is 9.76. The first kappa shape index (κ1) is 18.3. The summed E-state index contributed by atoms with van der Waals surface area (Å²) in [4.78, 5) is 4.53. The summed E-state index contributed by atoms with van der Waals surface area (Å²) in [5, 5.41) is 10.2. The van der Waals surface area contributed by atoms with Crippen LogP contribution in [0, 0.1) is 19.8 Å². The third kappa shape index (κ3) is 3.87. The number of rotatable bonds is 5. The largest absolute Gasteiger partial charge is 0.393 e. The van der Waals surface area contributed by atoms with Crippen LogP contribution in [0.1, 0.15) is 35.7 Å². The number of hydrogen-bond acceptors (Lipinski definition) is 4. The van der Waals surface area contributed by atoms with Gasteiger partial charge in [0.2, 0.25) is 10.0 Å². The molecule has 0 unspecified atom stereocenters. The molecule has 2 aromatic rings. The molecule has 0 saturated heterocycles. The average Bonchev–Trinajstić information content (AvgIpc) is 2.54. The summed E-state index contributed by atoms with van der Waals surface area (Å²) >= 11 is 6.08. The maximum atomic E-state index is 13.0. The highest BCUT2D eigenvalue weighted by molar-refractivity contribution is 7.89. The molecule has 1 aromatic carbocycles. The zero-order valence-corrected chi connectivity index (χ0v) is 15.7. The van der Waals surface area contributed by atoms with Crippen LogP contribution in [0.4, 0.5) is 0 Å². The number of nitrogens with zero attached hydrogens (tertiary/aromatic N) is 1. The Morgan fingerprint density at radius 3 is 2.56 bits per heavy atom. The van der Waals surface area contributed by atoms with Crippen LogP contribution in [0.25, 0.3) is 0 Å². The molecule has 1 aliphatic carbocycles. The fourth-order valence-electron chi connectivity index (χ4n) is 3.13. The molecule has 7 heteroatoms. The van der Waals surface area contributed by atoms with E-state index in [9.17, 15) is 13.5 Å². The molecule has 134 valence electrons. The molecule has 25 heavy (non-hydrogen) atoms. The van der Waals surface area contributed by atoms with Crippen LogP contribution in [0.3, 0.4) is 0 Å². The molecule has 1 aromatic heterocycles. The van der Waals surface area contributed by atoms with Crippen LogP contribution < -0.4 is 4.72 Å². The zero-order chi connectivity index (χ0) is 18.2. The van der Waals surface area contributed by atoms with E-state index in [1.807, 2.05) is 6.07 Å². The Labute approximate surface area is 153 Å². The van der Waals surface area contributed by atoms with E-state index < -0.39 is 16.1 Å². The molecule has 1 saturated carbocycles. The van der Waals surface area contributed by atoms with E-state index in [0.717, 1.165) is 0 Å². The average molecular weight is 381 g/mol. The van der Waals surface area contributed by atoms with Gasteiger partial charge in [-0.05, 0) is 68.0 Å². The molecule has 1 fully saturated rings. The number of aromatic nitrogens is 1. The molecule has 0 spiro atoms. The van der Waals surface area contributed by atoms with Gasteiger partial charge in [0.1, 0.15) is 0 Å². The molecule has 2 N–H and O–H groups in total. The molecule has 3 rings (SSSR count). The molecular formula is C18H21ClN2O3S. The topological polar surface area (TPSA) is 79.3 Å². The minimum Gasteiger partial charge on any atom is -0.393 e. The smallest absolute Gasteiger partial charge is 0.241 e. The monoisotopic (exact) mass is 380 g/mol. The van der Waals surface area contributed by atoms with Gasteiger partial charge in [-0.3, -0.25) is 4.98 Å². The summed E-state index contributed by atoms with van der Waals surface area (Å²) in [5.74, 6) is 0.0216. The van der Waals surface area contributed by atoms with Crippen molar-refractivity contribution in [1.29, 1.82) is 0 Å². The minimum absolute atomic E-state index is 0.0216. The number of aliphatic hydroxyl groups is 1. The maximum absolute atomic E-state index is 13.0. The quantitative estimate of drug-likeness (QED) is 0.835. The first-order valence-electron chi connectivity index (χ1n) is 8.16. The normalized spacial score (nSPS) is 21.6. The summed E-state index contributed by atoms with van der Waals surface area (Å²) in [7, 11) is -3.75. The number of aliphatic hydroxyl groups excluding tert-OH is 1. The van der Waals surface area contributed by atoms with E-state index in [4.69, 9.17) is 11.6 Å². The lowest BCUT2D eigenvalue weighted by Crippen LogP contribution is -2.41. The lowest BCUT2D eigenvalue weighted by Gasteiger charge is -2.37. The van der Waals surface area contributed by atoms with Gasteiger partial charge in [-0.15, -0.1) is 0 Å². The van der Waals surface area contributed by atoms with E-state index in [1.165, 1.54) is 0 Å². The first-order chi connectivity index (χ1) is 11.8. The predicted octanol–water partition coefficient (Wildman–Crippen LogP) is 3.14. The van der Waals surface area contributed by atoms with Crippen LogP contribution >= 0.6 is 11.6 Å². The first-order valence-corrected chi connectivity index (χ1v) is 10.0. The van der Waals surface area contributed by atoms with Crippen molar-refractivity contribution in [2.24, 2.45) is 5.92 Å². The van der Waals surface area contributed by atoms with Gasteiger partial charge in [0, 0.05) is 11.2 Å². The van der Waals surface area contributed by atoms with E-state index in [2.05, 4.69) is 9.71 Å². The van der Waals surface area contributed by atoms with E-state index in [-0.39, 0.29) is 16.9 Å². The fourth-order valence-corrected chi connectivity index (χ4v) is 4.94. The number of pyridine rings is 1. The maximum Gasteiger partial charge on any atom is 0.241 e. The van der Waals surface area contributed by atoms with Gasteiger partial charge in [-0.2, -0.15) is 0 Å². The van der Waals surface area contributed by atoms with E-state index >= 15 is 0 Å². The molecule has 5 nitrogen and oxygen atoms in total. The summed E-state index contributed by atoms with van der Waals surface area (Å²) in [6, 6.07) is 8.20. The van der Waals surface area contributed by atoms with Crippen LogP contribution in [-0.2, 0) is 10.0 Å². The number of halogens is 1. The summed E-state index contributed by atoms with van der Waals surface area (Å²) < 4.78 is 28.8. The number of benzene rings is 1.